The molecule has 0 saturated carbocycles. The number of nitrogen functional groups attached to an aromatic ring is 2. The molecule has 0 aliphatic carbocycles. The molecule has 0 fully saturated rings. The van der Waals surface area contributed by atoms with E-state index in [0.717, 1.165) is 28.2 Å². The molecule has 0 bridgehead atoms. The van der Waals surface area contributed by atoms with Crippen molar-refractivity contribution in [1.29, 1.82) is 0 Å². The Kier molecular flexibility index (Phi) is 4.52. The van der Waals surface area contributed by atoms with Crippen LogP contribution in [0.5, 0.6) is 23.0 Å². The van der Waals surface area contributed by atoms with Gasteiger partial charge in [0.15, 0.2) is 0 Å². The van der Waals surface area contributed by atoms with Crippen LogP contribution in [-0.4, -0.2) is 0 Å². The van der Waals surface area contributed by atoms with Gasteiger partial charge in [-0.05, 0) is 67.8 Å². The van der Waals surface area contributed by atoms with Crippen molar-refractivity contribution in [2.24, 2.45) is 0 Å². The van der Waals surface area contributed by atoms with E-state index in [-0.39, 0.29) is 0 Å². The molecule has 0 aliphatic rings. The minimum atomic E-state index is 0.606. The summed E-state index contributed by atoms with van der Waals surface area (Å²) in [5.41, 5.74) is 16.2. The second-order valence-electron chi connectivity index (χ2n) is 6.05. The summed E-state index contributed by atoms with van der Waals surface area (Å²) in [6, 6.07) is 16.9. The largest absolute Gasteiger partial charge is 0.455 e. The van der Waals surface area contributed by atoms with E-state index in [1.165, 1.54) is 0 Å². The highest BCUT2D eigenvalue weighted by molar-refractivity contribution is 5.60. The number of ether oxygens (including phenoxy) is 2. The van der Waals surface area contributed by atoms with Crippen molar-refractivity contribution in [2.75, 3.05) is 11.5 Å². The van der Waals surface area contributed by atoms with Crippen molar-refractivity contribution in [1.82, 2.24) is 0 Å². The number of rotatable bonds is 4. The molecule has 0 unspecified atom stereocenters. The van der Waals surface area contributed by atoms with Crippen LogP contribution in [0.3, 0.4) is 0 Å². The predicted octanol–water partition coefficient (Wildman–Crippen LogP) is 5.36. The predicted molar refractivity (Wildman–Crippen MR) is 103 cm³/mol. The second-order valence-corrected chi connectivity index (χ2v) is 6.05. The zero-order valence-electron chi connectivity index (χ0n) is 14.7. The highest BCUT2D eigenvalue weighted by atomic mass is 16.5. The van der Waals surface area contributed by atoms with Gasteiger partial charge in [-0.15, -0.1) is 0 Å². The monoisotopic (exact) mass is 334 g/mol. The zero-order valence-corrected chi connectivity index (χ0v) is 14.7. The van der Waals surface area contributed by atoms with Gasteiger partial charge in [-0.1, -0.05) is 24.3 Å². The van der Waals surface area contributed by atoms with Crippen LogP contribution >= 0.6 is 0 Å². The number of hydrogen-bond donors (Lipinski definition) is 2. The minimum absolute atomic E-state index is 0.606. The van der Waals surface area contributed by atoms with Crippen molar-refractivity contribution in [3.8, 4) is 23.0 Å². The summed E-state index contributed by atoms with van der Waals surface area (Å²) >= 11 is 0. The van der Waals surface area contributed by atoms with E-state index in [2.05, 4.69) is 0 Å². The van der Waals surface area contributed by atoms with E-state index < -0.39 is 0 Å². The summed E-state index contributed by atoms with van der Waals surface area (Å²) < 4.78 is 12.1. The van der Waals surface area contributed by atoms with E-state index in [9.17, 15) is 0 Å². The first-order valence-electron chi connectivity index (χ1n) is 8.13. The fraction of sp³-hybridized carbons (Fsp3) is 0.143. The molecule has 0 amide bonds. The van der Waals surface area contributed by atoms with Gasteiger partial charge >= 0.3 is 0 Å². The molecule has 4 N–H and O–H groups in total. The van der Waals surface area contributed by atoms with Crippen LogP contribution in [0.15, 0.2) is 54.6 Å². The fourth-order valence-electron chi connectivity index (χ4n) is 2.66. The summed E-state index contributed by atoms with van der Waals surface area (Å²) in [4.78, 5) is 0. The molecule has 3 rings (SSSR count). The van der Waals surface area contributed by atoms with Gasteiger partial charge in [0.25, 0.3) is 0 Å². The molecule has 0 radical (unpaired) electrons. The Morgan fingerprint density at radius 3 is 1.72 bits per heavy atom. The molecule has 0 heterocycles. The quantitative estimate of drug-likeness (QED) is 0.630. The van der Waals surface area contributed by atoms with E-state index in [1.807, 2.05) is 75.4 Å². The average Bonchev–Trinajstić information content (AvgIpc) is 2.60. The van der Waals surface area contributed by atoms with Crippen molar-refractivity contribution in [2.45, 2.75) is 20.8 Å². The molecular weight excluding hydrogens is 312 g/mol. The normalized spacial score (nSPS) is 10.5. The molecule has 0 atom stereocenters. The summed E-state index contributed by atoms with van der Waals surface area (Å²) in [6.45, 7) is 6.00. The van der Waals surface area contributed by atoms with Gasteiger partial charge in [0.1, 0.15) is 23.0 Å². The van der Waals surface area contributed by atoms with Crippen LogP contribution in [0.4, 0.5) is 11.4 Å². The summed E-state index contributed by atoms with van der Waals surface area (Å²) in [5.74, 6) is 2.85. The Labute approximate surface area is 148 Å². The maximum atomic E-state index is 6.08. The van der Waals surface area contributed by atoms with E-state index >= 15 is 0 Å². The summed E-state index contributed by atoms with van der Waals surface area (Å²) in [6.07, 6.45) is 0. The van der Waals surface area contributed by atoms with Crippen molar-refractivity contribution >= 4 is 11.4 Å². The van der Waals surface area contributed by atoms with Gasteiger partial charge in [0, 0.05) is 0 Å². The Bertz CT molecular complexity index is 920. The van der Waals surface area contributed by atoms with Crippen LogP contribution in [0.2, 0.25) is 0 Å². The van der Waals surface area contributed by atoms with Crippen molar-refractivity contribution in [3.05, 3.63) is 71.3 Å². The topological polar surface area (TPSA) is 70.5 Å². The minimum Gasteiger partial charge on any atom is -0.455 e. The van der Waals surface area contributed by atoms with Gasteiger partial charge in [-0.2, -0.15) is 0 Å². The molecule has 3 aromatic rings. The maximum Gasteiger partial charge on any atom is 0.150 e. The average molecular weight is 334 g/mol. The van der Waals surface area contributed by atoms with Crippen LogP contribution in [0, 0.1) is 20.8 Å². The Balaban J connectivity index is 1.97. The first-order valence-corrected chi connectivity index (χ1v) is 8.13. The maximum absolute atomic E-state index is 6.08. The molecule has 4 nitrogen and oxygen atoms in total. The molecule has 0 spiro atoms. The van der Waals surface area contributed by atoms with Crippen LogP contribution in [0.25, 0.3) is 0 Å². The van der Waals surface area contributed by atoms with Gasteiger partial charge in [0.2, 0.25) is 0 Å². The lowest BCUT2D eigenvalue weighted by Crippen LogP contribution is -1.99. The highest BCUT2D eigenvalue weighted by Gasteiger charge is 2.15. The van der Waals surface area contributed by atoms with E-state index in [1.54, 1.807) is 0 Å². The number of anilines is 2. The van der Waals surface area contributed by atoms with Gasteiger partial charge in [-0.25, -0.2) is 0 Å². The lowest BCUT2D eigenvalue weighted by Gasteiger charge is -2.18. The summed E-state index contributed by atoms with van der Waals surface area (Å²) in [7, 11) is 0. The van der Waals surface area contributed by atoms with E-state index in [0.29, 0.717) is 22.9 Å². The van der Waals surface area contributed by atoms with Crippen molar-refractivity contribution < 1.29 is 9.47 Å². The first-order chi connectivity index (χ1) is 12.0. The third-order valence-corrected chi connectivity index (χ3v) is 4.25. The number of para-hydroxylation sites is 4. The lowest BCUT2D eigenvalue weighted by molar-refractivity contribution is 0.462. The number of aryl methyl sites for hydroxylation is 1. The van der Waals surface area contributed by atoms with Crippen LogP contribution in [0.1, 0.15) is 16.7 Å². The third-order valence-electron chi connectivity index (χ3n) is 4.25. The molecule has 0 aliphatic heterocycles. The third kappa shape index (κ3) is 3.38. The molecule has 3 aromatic carbocycles. The SMILES string of the molecule is Cc1cc(Oc2ccccc2N)c(C)c(C)c1Oc1ccccc1N. The fourth-order valence-corrected chi connectivity index (χ4v) is 2.66. The molecule has 0 aromatic heterocycles. The molecule has 25 heavy (non-hydrogen) atoms. The standard InChI is InChI=1S/C21H22N2O2/c1-13-12-20(24-18-10-6-4-8-16(18)22)14(2)15(3)21(13)25-19-11-7-5-9-17(19)23/h4-12H,22-23H2,1-3H3. The van der Waals surface area contributed by atoms with Crippen LogP contribution < -0.4 is 20.9 Å². The summed E-state index contributed by atoms with van der Waals surface area (Å²) in [5, 5.41) is 0. The number of benzene rings is 3. The molecule has 128 valence electrons. The Hall–Kier alpha value is -3.14. The number of nitrogens with two attached hydrogens (primary N) is 2. The number of hydrogen-bond acceptors (Lipinski definition) is 4. The first kappa shape index (κ1) is 16.7. The van der Waals surface area contributed by atoms with Gasteiger partial charge in [0.05, 0.1) is 11.4 Å². The molecule has 0 saturated heterocycles. The van der Waals surface area contributed by atoms with Gasteiger partial charge < -0.3 is 20.9 Å². The van der Waals surface area contributed by atoms with Crippen LogP contribution in [-0.2, 0) is 0 Å². The lowest BCUT2D eigenvalue weighted by atomic mass is 10.0. The van der Waals surface area contributed by atoms with E-state index in [4.69, 9.17) is 20.9 Å². The molecular formula is C21H22N2O2. The highest BCUT2D eigenvalue weighted by Crippen LogP contribution is 2.39. The van der Waals surface area contributed by atoms with Crippen molar-refractivity contribution in [3.63, 3.8) is 0 Å². The molecule has 4 heteroatoms. The Morgan fingerprint density at radius 1 is 0.640 bits per heavy atom. The Morgan fingerprint density at radius 2 is 1.16 bits per heavy atom. The van der Waals surface area contributed by atoms with Gasteiger partial charge in [-0.3, -0.25) is 0 Å². The smallest absolute Gasteiger partial charge is 0.150 e. The second kappa shape index (κ2) is 6.77. The zero-order chi connectivity index (χ0) is 18.0.